The van der Waals surface area contributed by atoms with Crippen molar-refractivity contribution >= 4 is 17.5 Å². The molecule has 1 atom stereocenters. The summed E-state index contributed by atoms with van der Waals surface area (Å²) in [7, 11) is 1.70. The van der Waals surface area contributed by atoms with Gasteiger partial charge in [-0.05, 0) is 25.0 Å². The number of halogens is 1. The number of likely N-dealkylation sites (N-methyl/N-ethyl adjacent to an activating group) is 1. The lowest BCUT2D eigenvalue weighted by Gasteiger charge is -2.23. The third-order valence-corrected chi connectivity index (χ3v) is 3.25. The molecule has 1 N–H and O–H groups in total. The van der Waals surface area contributed by atoms with E-state index in [0.717, 1.165) is 5.56 Å². The van der Waals surface area contributed by atoms with E-state index >= 15 is 0 Å². The summed E-state index contributed by atoms with van der Waals surface area (Å²) in [5, 5.41) is 9.66. The lowest BCUT2D eigenvalue weighted by molar-refractivity contribution is -0.132. The average molecular weight is 256 g/mol. The molecule has 0 radical (unpaired) electrons. The first-order valence-corrected chi connectivity index (χ1v) is 6.04. The molecule has 1 amide bonds. The molecular weight excluding hydrogens is 238 g/mol. The van der Waals surface area contributed by atoms with Gasteiger partial charge in [-0.2, -0.15) is 0 Å². The number of carbonyl (C=O) groups is 1. The van der Waals surface area contributed by atoms with Gasteiger partial charge in [0.1, 0.15) is 0 Å². The van der Waals surface area contributed by atoms with Gasteiger partial charge in [0.15, 0.2) is 0 Å². The summed E-state index contributed by atoms with van der Waals surface area (Å²) in [6, 6.07) is 7.38. The van der Waals surface area contributed by atoms with Gasteiger partial charge in [-0.25, -0.2) is 0 Å². The van der Waals surface area contributed by atoms with Crippen molar-refractivity contribution in [3.05, 3.63) is 34.9 Å². The molecule has 3 nitrogen and oxygen atoms in total. The van der Waals surface area contributed by atoms with Crippen molar-refractivity contribution in [1.82, 2.24) is 4.90 Å². The molecule has 4 heteroatoms. The normalized spacial score (nSPS) is 12.2. The molecule has 0 saturated carbocycles. The minimum absolute atomic E-state index is 0.0195. The Bertz CT molecular complexity index is 381. The zero-order valence-corrected chi connectivity index (χ0v) is 10.9. The van der Waals surface area contributed by atoms with Crippen LogP contribution in [0.5, 0.6) is 0 Å². The fraction of sp³-hybridized carbons (Fsp3) is 0.462. The minimum atomic E-state index is -0.145. The van der Waals surface area contributed by atoms with Crippen molar-refractivity contribution in [3.8, 4) is 0 Å². The Morgan fingerprint density at radius 3 is 2.71 bits per heavy atom. The molecule has 0 spiro atoms. The fourth-order valence-corrected chi connectivity index (χ4v) is 1.72. The third-order valence-electron chi connectivity index (χ3n) is 2.88. The van der Waals surface area contributed by atoms with Crippen LogP contribution in [-0.4, -0.2) is 35.6 Å². The van der Waals surface area contributed by atoms with Gasteiger partial charge in [0.25, 0.3) is 0 Å². The molecule has 0 bridgehead atoms. The topological polar surface area (TPSA) is 40.5 Å². The highest BCUT2D eigenvalue weighted by Gasteiger charge is 2.14. The van der Waals surface area contributed by atoms with Crippen LogP contribution in [0.4, 0.5) is 0 Å². The number of aryl methyl sites for hydroxylation is 1. The minimum Gasteiger partial charge on any atom is -0.394 e. The highest BCUT2D eigenvalue weighted by atomic mass is 35.5. The quantitative estimate of drug-likeness (QED) is 0.876. The van der Waals surface area contributed by atoms with Crippen LogP contribution in [0, 0.1) is 0 Å². The Kier molecular flexibility index (Phi) is 5.45. The summed E-state index contributed by atoms with van der Waals surface area (Å²) in [5.74, 6) is 0.0199. The van der Waals surface area contributed by atoms with Crippen LogP contribution in [0.15, 0.2) is 24.3 Å². The molecule has 17 heavy (non-hydrogen) atoms. The highest BCUT2D eigenvalue weighted by Crippen LogP contribution is 2.17. The van der Waals surface area contributed by atoms with Crippen molar-refractivity contribution in [2.75, 3.05) is 13.7 Å². The van der Waals surface area contributed by atoms with Gasteiger partial charge in [0.2, 0.25) is 5.91 Å². The van der Waals surface area contributed by atoms with E-state index in [1.165, 1.54) is 0 Å². The highest BCUT2D eigenvalue weighted by molar-refractivity contribution is 6.31. The van der Waals surface area contributed by atoms with E-state index in [2.05, 4.69) is 0 Å². The molecule has 1 aromatic rings. The monoisotopic (exact) mass is 255 g/mol. The zero-order chi connectivity index (χ0) is 12.8. The largest absolute Gasteiger partial charge is 0.394 e. The Hall–Kier alpha value is -1.06. The number of hydrogen-bond acceptors (Lipinski definition) is 2. The van der Waals surface area contributed by atoms with E-state index in [1.54, 1.807) is 11.9 Å². The lowest BCUT2D eigenvalue weighted by atomic mass is 10.1. The van der Waals surface area contributed by atoms with Crippen molar-refractivity contribution in [1.29, 1.82) is 0 Å². The molecular formula is C13H18ClNO2. The maximum atomic E-state index is 11.8. The number of aliphatic hydroxyl groups excluding tert-OH is 1. The Morgan fingerprint density at radius 1 is 1.47 bits per heavy atom. The van der Waals surface area contributed by atoms with Crippen molar-refractivity contribution in [2.45, 2.75) is 25.8 Å². The first-order valence-electron chi connectivity index (χ1n) is 5.66. The zero-order valence-electron chi connectivity index (χ0n) is 10.2. The van der Waals surface area contributed by atoms with E-state index in [9.17, 15) is 4.79 Å². The second-order valence-electron chi connectivity index (χ2n) is 4.13. The van der Waals surface area contributed by atoms with Gasteiger partial charge < -0.3 is 10.0 Å². The van der Waals surface area contributed by atoms with Crippen LogP contribution < -0.4 is 0 Å². The van der Waals surface area contributed by atoms with E-state index in [4.69, 9.17) is 16.7 Å². The maximum Gasteiger partial charge on any atom is 0.222 e. The molecule has 0 fully saturated rings. The van der Waals surface area contributed by atoms with E-state index in [0.29, 0.717) is 17.9 Å². The lowest BCUT2D eigenvalue weighted by Crippen LogP contribution is -2.37. The molecule has 0 aromatic heterocycles. The van der Waals surface area contributed by atoms with Gasteiger partial charge in [-0.1, -0.05) is 29.8 Å². The molecule has 1 rings (SSSR count). The molecule has 94 valence electrons. The van der Waals surface area contributed by atoms with Crippen LogP contribution in [0.2, 0.25) is 5.02 Å². The average Bonchev–Trinajstić information content (AvgIpc) is 2.35. The predicted octanol–water partition coefficient (Wildman–Crippen LogP) is 2.11. The first-order chi connectivity index (χ1) is 8.06. The van der Waals surface area contributed by atoms with Crippen molar-refractivity contribution in [3.63, 3.8) is 0 Å². The predicted molar refractivity (Wildman–Crippen MR) is 69.1 cm³/mol. The summed E-state index contributed by atoms with van der Waals surface area (Å²) in [6.45, 7) is 1.79. The van der Waals surface area contributed by atoms with Gasteiger partial charge in [0.05, 0.1) is 12.6 Å². The molecule has 1 unspecified atom stereocenters. The summed E-state index contributed by atoms with van der Waals surface area (Å²) in [4.78, 5) is 13.4. The van der Waals surface area contributed by atoms with E-state index in [1.807, 2.05) is 31.2 Å². The van der Waals surface area contributed by atoms with Gasteiger partial charge >= 0.3 is 0 Å². The summed E-state index contributed by atoms with van der Waals surface area (Å²) >= 11 is 6.01. The number of rotatable bonds is 5. The van der Waals surface area contributed by atoms with E-state index < -0.39 is 0 Å². The number of benzene rings is 1. The number of aliphatic hydroxyl groups is 1. The number of nitrogens with zero attached hydrogens (tertiary/aromatic N) is 1. The number of carbonyl (C=O) groups excluding carboxylic acids is 1. The molecule has 0 heterocycles. The van der Waals surface area contributed by atoms with E-state index in [-0.39, 0.29) is 18.6 Å². The van der Waals surface area contributed by atoms with Gasteiger partial charge in [0, 0.05) is 18.5 Å². The first kappa shape index (κ1) is 14.0. The Labute approximate surface area is 107 Å². The maximum absolute atomic E-state index is 11.8. The van der Waals surface area contributed by atoms with Crippen molar-refractivity contribution in [2.24, 2.45) is 0 Å². The molecule has 0 aliphatic heterocycles. The van der Waals surface area contributed by atoms with Gasteiger partial charge in [-0.3, -0.25) is 4.79 Å². The van der Waals surface area contributed by atoms with Crippen LogP contribution in [-0.2, 0) is 11.2 Å². The summed E-state index contributed by atoms with van der Waals surface area (Å²) < 4.78 is 0. The van der Waals surface area contributed by atoms with Crippen LogP contribution in [0.1, 0.15) is 18.9 Å². The number of amides is 1. The van der Waals surface area contributed by atoms with Crippen LogP contribution in [0.25, 0.3) is 0 Å². The second kappa shape index (κ2) is 6.62. The van der Waals surface area contributed by atoms with Crippen LogP contribution >= 0.6 is 11.6 Å². The molecule has 0 aliphatic carbocycles. The summed E-state index contributed by atoms with van der Waals surface area (Å²) in [5.41, 5.74) is 0.979. The number of hydrogen-bond donors (Lipinski definition) is 1. The molecule has 0 saturated heterocycles. The fourth-order valence-electron chi connectivity index (χ4n) is 1.49. The second-order valence-corrected chi connectivity index (χ2v) is 4.53. The van der Waals surface area contributed by atoms with Gasteiger partial charge in [-0.15, -0.1) is 0 Å². The molecule has 1 aromatic carbocycles. The van der Waals surface area contributed by atoms with Crippen LogP contribution in [0.3, 0.4) is 0 Å². The standard InChI is InChI=1S/C13H18ClNO2/c1-10(9-16)15(2)13(17)8-7-11-5-3-4-6-12(11)14/h3-6,10,16H,7-9H2,1-2H3. The SMILES string of the molecule is CC(CO)N(C)C(=O)CCc1ccccc1Cl. The smallest absolute Gasteiger partial charge is 0.222 e. The molecule has 0 aliphatic rings. The Morgan fingerprint density at radius 2 is 2.12 bits per heavy atom. The Balaban J connectivity index is 2.51. The van der Waals surface area contributed by atoms with Crippen molar-refractivity contribution < 1.29 is 9.90 Å². The summed E-state index contributed by atoms with van der Waals surface area (Å²) in [6.07, 6.45) is 1.03. The third kappa shape index (κ3) is 4.02.